The second kappa shape index (κ2) is 9.87. The third-order valence-electron chi connectivity index (χ3n) is 5.83. The van der Waals surface area contributed by atoms with Crippen LogP contribution in [0.3, 0.4) is 0 Å². The SMILES string of the molecule is O=C([O-])c1cc(C(F)(F)F)cc(C2=C(c3cc(C(F)(F)F)ccc3OCc3ccc(F)cc3)CCC2)n1. The highest BCUT2D eigenvalue weighted by atomic mass is 19.4. The lowest BCUT2D eigenvalue weighted by Gasteiger charge is -2.18. The molecule has 0 aliphatic heterocycles. The van der Waals surface area contributed by atoms with Crippen LogP contribution in [0.5, 0.6) is 5.75 Å². The van der Waals surface area contributed by atoms with Crippen LogP contribution >= 0.6 is 0 Å². The Hall–Kier alpha value is -3.89. The van der Waals surface area contributed by atoms with Gasteiger partial charge in [-0.25, -0.2) is 9.37 Å². The number of carboxylic acid groups (broad SMARTS) is 1. The van der Waals surface area contributed by atoms with Crippen molar-refractivity contribution in [3.8, 4) is 5.75 Å². The molecule has 0 atom stereocenters. The number of ether oxygens (including phenoxy) is 1. The van der Waals surface area contributed by atoms with Gasteiger partial charge in [0.25, 0.3) is 0 Å². The zero-order chi connectivity index (χ0) is 27.0. The zero-order valence-electron chi connectivity index (χ0n) is 18.8. The molecule has 4 nitrogen and oxygen atoms in total. The molecule has 1 heterocycles. The molecule has 0 fully saturated rings. The van der Waals surface area contributed by atoms with Crippen LogP contribution in [0.2, 0.25) is 0 Å². The standard InChI is InChI=1S/C26H18F7NO3/c27-17-7-4-14(5-8-17)13-37-23-9-6-15(25(28,29)30)10-20(23)18-2-1-3-19(18)21-11-16(26(31,32)33)12-22(34-21)24(35)36/h4-12H,1-3,13H2,(H,35,36)/p-1. The first-order chi connectivity index (χ1) is 17.3. The lowest BCUT2D eigenvalue weighted by molar-refractivity contribution is -0.255. The summed E-state index contributed by atoms with van der Waals surface area (Å²) < 4.78 is 99.8. The minimum absolute atomic E-state index is 0.00125. The van der Waals surface area contributed by atoms with Crippen LogP contribution in [0.4, 0.5) is 30.7 Å². The Balaban J connectivity index is 1.84. The summed E-state index contributed by atoms with van der Waals surface area (Å²) in [5.41, 5.74) is -2.56. The van der Waals surface area contributed by atoms with E-state index >= 15 is 0 Å². The molecule has 2 aromatic carbocycles. The number of halogens is 7. The molecule has 0 unspecified atom stereocenters. The maximum Gasteiger partial charge on any atom is 0.416 e. The van der Waals surface area contributed by atoms with E-state index in [1.165, 1.54) is 24.3 Å². The molecule has 194 valence electrons. The Kier molecular flexibility index (Phi) is 6.98. The molecule has 0 saturated heterocycles. The van der Waals surface area contributed by atoms with E-state index in [0.29, 0.717) is 24.1 Å². The first kappa shape index (κ1) is 26.2. The monoisotopic (exact) mass is 524 g/mol. The fourth-order valence-electron chi connectivity index (χ4n) is 4.09. The number of benzene rings is 2. The van der Waals surface area contributed by atoms with Crippen LogP contribution in [0.15, 0.2) is 54.6 Å². The van der Waals surface area contributed by atoms with E-state index in [-0.39, 0.29) is 47.6 Å². The molecule has 0 radical (unpaired) electrons. The van der Waals surface area contributed by atoms with Gasteiger partial charge in [0.2, 0.25) is 0 Å². The molecule has 11 heteroatoms. The number of nitrogens with zero attached hydrogens (tertiary/aromatic N) is 1. The lowest BCUT2D eigenvalue weighted by atomic mass is 9.96. The van der Waals surface area contributed by atoms with Crippen molar-refractivity contribution in [3.05, 3.63) is 94.1 Å². The van der Waals surface area contributed by atoms with Gasteiger partial charge in [-0.2, -0.15) is 26.3 Å². The normalized spacial score (nSPS) is 14.2. The zero-order valence-corrected chi connectivity index (χ0v) is 18.8. The molecular formula is C26H17F7NO3-. The van der Waals surface area contributed by atoms with Crippen LogP contribution in [0.1, 0.15) is 57.7 Å². The molecule has 0 amide bonds. The summed E-state index contributed by atoms with van der Waals surface area (Å²) in [5, 5.41) is 11.3. The molecule has 37 heavy (non-hydrogen) atoms. The third kappa shape index (κ3) is 5.92. The number of hydrogen-bond donors (Lipinski definition) is 0. The molecule has 1 aliphatic carbocycles. The largest absolute Gasteiger partial charge is 0.543 e. The summed E-state index contributed by atoms with van der Waals surface area (Å²) in [4.78, 5) is 15.1. The maximum atomic E-state index is 13.5. The van der Waals surface area contributed by atoms with Gasteiger partial charge in [-0.1, -0.05) is 12.1 Å². The minimum atomic E-state index is -4.89. The van der Waals surface area contributed by atoms with Crippen molar-refractivity contribution in [1.82, 2.24) is 4.98 Å². The Bertz CT molecular complexity index is 1360. The van der Waals surface area contributed by atoms with Crippen LogP contribution in [-0.2, 0) is 19.0 Å². The molecule has 0 spiro atoms. The van der Waals surface area contributed by atoms with Crippen LogP contribution in [0, 0.1) is 5.82 Å². The number of carbonyl (C=O) groups excluding carboxylic acids is 1. The van der Waals surface area contributed by atoms with Crippen LogP contribution in [0.25, 0.3) is 11.1 Å². The highest BCUT2D eigenvalue weighted by Gasteiger charge is 2.34. The van der Waals surface area contributed by atoms with Gasteiger partial charge in [0, 0.05) is 5.56 Å². The van der Waals surface area contributed by atoms with Crippen molar-refractivity contribution in [1.29, 1.82) is 0 Å². The number of carbonyl (C=O) groups is 1. The predicted octanol–water partition coefficient (Wildman–Crippen LogP) is 6.30. The Morgan fingerprint density at radius 2 is 1.51 bits per heavy atom. The number of allylic oxidation sites excluding steroid dienone is 2. The molecule has 0 N–H and O–H groups in total. The summed E-state index contributed by atoms with van der Waals surface area (Å²) in [6.45, 7) is -0.113. The van der Waals surface area contributed by atoms with Crippen molar-refractivity contribution in [2.45, 2.75) is 38.2 Å². The highest BCUT2D eigenvalue weighted by Crippen LogP contribution is 2.45. The first-order valence-corrected chi connectivity index (χ1v) is 10.9. The summed E-state index contributed by atoms with van der Waals surface area (Å²) in [5.74, 6) is -2.38. The second-order valence-corrected chi connectivity index (χ2v) is 8.35. The van der Waals surface area contributed by atoms with Gasteiger partial charge in [0.05, 0.1) is 28.5 Å². The minimum Gasteiger partial charge on any atom is -0.543 e. The second-order valence-electron chi connectivity index (χ2n) is 8.35. The number of hydrogen-bond acceptors (Lipinski definition) is 4. The average molecular weight is 524 g/mol. The fourth-order valence-corrected chi connectivity index (χ4v) is 4.09. The Morgan fingerprint density at radius 3 is 2.14 bits per heavy atom. The number of aromatic carboxylic acids is 1. The topological polar surface area (TPSA) is 62.2 Å². The van der Waals surface area contributed by atoms with E-state index < -0.39 is 41.0 Å². The number of pyridine rings is 1. The molecule has 4 rings (SSSR count). The summed E-state index contributed by atoms with van der Waals surface area (Å²) >= 11 is 0. The van der Waals surface area contributed by atoms with Crippen LogP contribution < -0.4 is 9.84 Å². The highest BCUT2D eigenvalue weighted by molar-refractivity contribution is 5.94. The molecule has 1 aromatic heterocycles. The Morgan fingerprint density at radius 1 is 0.865 bits per heavy atom. The van der Waals surface area contributed by atoms with E-state index in [2.05, 4.69) is 4.98 Å². The van der Waals surface area contributed by atoms with Crippen molar-refractivity contribution in [2.75, 3.05) is 0 Å². The molecule has 3 aromatic rings. The van der Waals surface area contributed by atoms with Crippen molar-refractivity contribution >= 4 is 17.1 Å². The molecule has 0 bridgehead atoms. The summed E-state index contributed by atoms with van der Waals surface area (Å²) in [6, 6.07) is 9.03. The summed E-state index contributed by atoms with van der Waals surface area (Å²) in [6.07, 6.45) is -8.86. The van der Waals surface area contributed by atoms with Crippen LogP contribution in [-0.4, -0.2) is 11.0 Å². The maximum absolute atomic E-state index is 13.5. The molecule has 1 aliphatic rings. The van der Waals surface area contributed by atoms with Gasteiger partial charge in [-0.05, 0) is 78.4 Å². The first-order valence-electron chi connectivity index (χ1n) is 10.9. The van der Waals surface area contributed by atoms with Gasteiger partial charge in [-0.3, -0.25) is 0 Å². The van der Waals surface area contributed by atoms with Gasteiger partial charge in [0.1, 0.15) is 18.2 Å². The quantitative estimate of drug-likeness (QED) is 0.356. The lowest BCUT2D eigenvalue weighted by Crippen LogP contribution is -2.25. The van der Waals surface area contributed by atoms with Gasteiger partial charge in [-0.15, -0.1) is 0 Å². The number of alkyl halides is 6. The average Bonchev–Trinajstić information content (AvgIpc) is 3.32. The summed E-state index contributed by atoms with van der Waals surface area (Å²) in [7, 11) is 0. The number of aromatic nitrogens is 1. The van der Waals surface area contributed by atoms with Crippen molar-refractivity contribution in [3.63, 3.8) is 0 Å². The van der Waals surface area contributed by atoms with E-state index in [1.807, 2.05) is 0 Å². The van der Waals surface area contributed by atoms with E-state index in [1.54, 1.807) is 0 Å². The van der Waals surface area contributed by atoms with E-state index in [9.17, 15) is 40.6 Å². The van der Waals surface area contributed by atoms with Gasteiger partial charge < -0.3 is 14.6 Å². The third-order valence-corrected chi connectivity index (χ3v) is 5.83. The predicted molar refractivity (Wildman–Crippen MR) is 116 cm³/mol. The Labute approximate surface area is 206 Å². The fraction of sp³-hybridized carbons (Fsp3) is 0.231. The number of carboxylic acids is 1. The van der Waals surface area contributed by atoms with Crippen molar-refractivity contribution < 1.29 is 45.4 Å². The van der Waals surface area contributed by atoms with E-state index in [4.69, 9.17) is 4.74 Å². The van der Waals surface area contributed by atoms with Crippen molar-refractivity contribution in [2.24, 2.45) is 0 Å². The molecular weight excluding hydrogens is 507 g/mol. The number of rotatable bonds is 6. The van der Waals surface area contributed by atoms with Gasteiger partial charge in [0.15, 0.2) is 0 Å². The smallest absolute Gasteiger partial charge is 0.416 e. The van der Waals surface area contributed by atoms with Gasteiger partial charge >= 0.3 is 12.4 Å². The molecule has 0 saturated carbocycles. The van der Waals surface area contributed by atoms with E-state index in [0.717, 1.165) is 18.2 Å².